The minimum absolute atomic E-state index is 0.120. The Kier molecular flexibility index (Phi) is 3.79. The lowest BCUT2D eigenvalue weighted by Gasteiger charge is -2.10. The topological polar surface area (TPSA) is 78.8 Å². The quantitative estimate of drug-likeness (QED) is 0.751. The van der Waals surface area contributed by atoms with Gasteiger partial charge >= 0.3 is 0 Å². The number of nitrogens with one attached hydrogen (secondary N) is 1. The Labute approximate surface area is 116 Å². The van der Waals surface area contributed by atoms with Gasteiger partial charge in [0.25, 0.3) is 5.91 Å². The molecule has 104 valence electrons. The Hall–Kier alpha value is -2.69. The van der Waals surface area contributed by atoms with E-state index in [9.17, 15) is 15.0 Å². The maximum absolute atomic E-state index is 12.1. The summed E-state index contributed by atoms with van der Waals surface area (Å²) in [4.78, 5) is 12.1. The number of hydrogen-bond donors (Lipinski definition) is 3. The fourth-order valence-corrected chi connectivity index (χ4v) is 1.80. The number of benzene rings is 2. The highest BCUT2D eigenvalue weighted by atomic mass is 16.5. The molecule has 2 aromatic carbocycles. The van der Waals surface area contributed by atoms with Crippen molar-refractivity contribution in [2.75, 3.05) is 12.4 Å². The predicted octanol–water partition coefficient (Wildman–Crippen LogP) is 2.67. The van der Waals surface area contributed by atoms with Gasteiger partial charge in [0.05, 0.1) is 12.7 Å². The van der Waals surface area contributed by atoms with Gasteiger partial charge in [-0.1, -0.05) is 6.07 Å². The molecule has 20 heavy (non-hydrogen) atoms. The van der Waals surface area contributed by atoms with Crippen molar-refractivity contribution in [3.63, 3.8) is 0 Å². The molecule has 5 heteroatoms. The van der Waals surface area contributed by atoms with E-state index in [1.807, 2.05) is 0 Å². The number of aryl methyl sites for hydroxylation is 1. The zero-order valence-corrected chi connectivity index (χ0v) is 11.2. The third kappa shape index (κ3) is 2.66. The molecule has 0 spiro atoms. The number of carbonyl (C=O) groups is 1. The van der Waals surface area contributed by atoms with E-state index in [1.54, 1.807) is 31.2 Å². The summed E-state index contributed by atoms with van der Waals surface area (Å²) in [6, 6.07) is 9.41. The van der Waals surface area contributed by atoms with Crippen molar-refractivity contribution in [1.82, 2.24) is 0 Å². The molecule has 0 heterocycles. The summed E-state index contributed by atoms with van der Waals surface area (Å²) in [5.74, 6) is -0.263. The van der Waals surface area contributed by atoms with E-state index >= 15 is 0 Å². The van der Waals surface area contributed by atoms with Crippen molar-refractivity contribution in [1.29, 1.82) is 0 Å². The van der Waals surface area contributed by atoms with Crippen LogP contribution < -0.4 is 10.1 Å². The van der Waals surface area contributed by atoms with Crippen LogP contribution in [0.3, 0.4) is 0 Å². The monoisotopic (exact) mass is 273 g/mol. The van der Waals surface area contributed by atoms with Crippen LogP contribution >= 0.6 is 0 Å². The number of hydrogen-bond acceptors (Lipinski definition) is 4. The lowest BCUT2D eigenvalue weighted by Crippen LogP contribution is -2.12. The number of phenolic OH excluding ortho intramolecular Hbond substituents is 2. The van der Waals surface area contributed by atoms with Crippen LogP contribution in [0.2, 0.25) is 0 Å². The molecule has 2 aromatic rings. The maximum atomic E-state index is 12.1. The molecule has 0 bridgehead atoms. The molecule has 0 saturated carbocycles. The van der Waals surface area contributed by atoms with Gasteiger partial charge in [-0.05, 0) is 42.8 Å². The third-order valence-corrected chi connectivity index (χ3v) is 2.92. The number of phenols is 2. The average Bonchev–Trinajstić information content (AvgIpc) is 2.43. The molecule has 3 N–H and O–H groups in total. The van der Waals surface area contributed by atoms with Crippen molar-refractivity contribution >= 4 is 11.6 Å². The molecule has 0 aliphatic rings. The molecule has 1 amide bonds. The summed E-state index contributed by atoms with van der Waals surface area (Å²) in [6.45, 7) is 1.73. The zero-order chi connectivity index (χ0) is 14.7. The third-order valence-electron chi connectivity index (χ3n) is 2.92. The average molecular weight is 273 g/mol. The van der Waals surface area contributed by atoms with Crippen LogP contribution in [0.5, 0.6) is 17.2 Å². The van der Waals surface area contributed by atoms with Crippen LogP contribution in [0, 0.1) is 6.92 Å². The van der Waals surface area contributed by atoms with Gasteiger partial charge in [0, 0.05) is 5.69 Å². The van der Waals surface area contributed by atoms with Gasteiger partial charge < -0.3 is 20.3 Å². The van der Waals surface area contributed by atoms with Crippen LogP contribution in [0.15, 0.2) is 36.4 Å². The van der Waals surface area contributed by atoms with Crippen LogP contribution in [0.4, 0.5) is 5.69 Å². The minimum Gasteiger partial charge on any atom is -0.508 e. The van der Waals surface area contributed by atoms with Crippen molar-refractivity contribution in [3.8, 4) is 17.2 Å². The second-order valence-electron chi connectivity index (χ2n) is 4.31. The highest BCUT2D eigenvalue weighted by Crippen LogP contribution is 2.30. The fourth-order valence-electron chi connectivity index (χ4n) is 1.80. The van der Waals surface area contributed by atoms with Gasteiger partial charge in [-0.3, -0.25) is 4.79 Å². The molecular formula is C15H15NO4. The molecule has 0 saturated heterocycles. The standard InChI is InChI=1S/C15H15NO4/c1-9-8-10(6-7-12(9)17)16-15(19)11-4-3-5-13(20-2)14(11)18/h3-8,17-18H,1-2H3,(H,16,19). The van der Waals surface area contributed by atoms with Gasteiger partial charge in [0.2, 0.25) is 0 Å². The van der Waals surface area contributed by atoms with E-state index in [4.69, 9.17) is 4.74 Å². The molecular weight excluding hydrogens is 258 g/mol. The molecule has 5 nitrogen and oxygen atoms in total. The van der Waals surface area contributed by atoms with Crippen LogP contribution in [-0.2, 0) is 0 Å². The van der Waals surface area contributed by atoms with Gasteiger partial charge in [-0.2, -0.15) is 0 Å². The first-order valence-electron chi connectivity index (χ1n) is 6.00. The molecule has 0 fully saturated rings. The lowest BCUT2D eigenvalue weighted by molar-refractivity contribution is 0.102. The van der Waals surface area contributed by atoms with Crippen molar-refractivity contribution in [2.24, 2.45) is 0 Å². The molecule has 0 aliphatic carbocycles. The SMILES string of the molecule is COc1cccc(C(=O)Nc2ccc(O)c(C)c2)c1O. The Morgan fingerprint density at radius 2 is 1.95 bits per heavy atom. The Morgan fingerprint density at radius 3 is 2.60 bits per heavy atom. The van der Waals surface area contributed by atoms with Crippen LogP contribution in [0.25, 0.3) is 0 Å². The molecule has 0 radical (unpaired) electrons. The first kappa shape index (κ1) is 13.7. The molecule has 0 aromatic heterocycles. The van der Waals surface area contributed by atoms with Crippen molar-refractivity contribution in [3.05, 3.63) is 47.5 Å². The number of anilines is 1. The summed E-state index contributed by atoms with van der Waals surface area (Å²) in [5, 5.41) is 22.0. The smallest absolute Gasteiger partial charge is 0.259 e. The highest BCUT2D eigenvalue weighted by Gasteiger charge is 2.15. The number of rotatable bonds is 3. The summed E-state index contributed by atoms with van der Waals surface area (Å²) in [6.07, 6.45) is 0. The first-order chi connectivity index (χ1) is 9.52. The van der Waals surface area contributed by atoms with E-state index in [0.717, 1.165) is 0 Å². The van der Waals surface area contributed by atoms with Crippen molar-refractivity contribution in [2.45, 2.75) is 6.92 Å². The summed E-state index contributed by atoms with van der Waals surface area (Å²) >= 11 is 0. The number of aromatic hydroxyl groups is 2. The first-order valence-corrected chi connectivity index (χ1v) is 6.00. The van der Waals surface area contributed by atoms with E-state index in [-0.39, 0.29) is 22.8 Å². The van der Waals surface area contributed by atoms with E-state index < -0.39 is 5.91 Å². The molecule has 0 unspecified atom stereocenters. The largest absolute Gasteiger partial charge is 0.508 e. The van der Waals surface area contributed by atoms with Crippen molar-refractivity contribution < 1.29 is 19.7 Å². The predicted molar refractivity (Wildman–Crippen MR) is 75.5 cm³/mol. The Morgan fingerprint density at radius 1 is 1.20 bits per heavy atom. The Balaban J connectivity index is 2.26. The summed E-state index contributed by atoms with van der Waals surface area (Å²) in [7, 11) is 1.42. The zero-order valence-electron chi connectivity index (χ0n) is 11.2. The summed E-state index contributed by atoms with van der Waals surface area (Å²) < 4.78 is 4.96. The second-order valence-corrected chi connectivity index (χ2v) is 4.31. The van der Waals surface area contributed by atoms with Gasteiger partial charge in [0.15, 0.2) is 11.5 Å². The fraction of sp³-hybridized carbons (Fsp3) is 0.133. The second kappa shape index (κ2) is 5.52. The van der Waals surface area contributed by atoms with E-state index in [1.165, 1.54) is 19.2 Å². The number of para-hydroxylation sites is 1. The molecule has 2 rings (SSSR count). The normalized spacial score (nSPS) is 10.1. The number of carbonyl (C=O) groups excluding carboxylic acids is 1. The van der Waals surface area contributed by atoms with Crippen LogP contribution in [-0.4, -0.2) is 23.2 Å². The number of amides is 1. The lowest BCUT2D eigenvalue weighted by atomic mass is 10.1. The Bertz CT molecular complexity index is 652. The minimum atomic E-state index is -0.452. The van der Waals surface area contributed by atoms with Gasteiger partial charge in [-0.25, -0.2) is 0 Å². The van der Waals surface area contributed by atoms with E-state index in [0.29, 0.717) is 11.3 Å². The van der Waals surface area contributed by atoms with Crippen LogP contribution in [0.1, 0.15) is 15.9 Å². The number of methoxy groups -OCH3 is 1. The molecule has 0 atom stereocenters. The van der Waals surface area contributed by atoms with Gasteiger partial charge in [-0.15, -0.1) is 0 Å². The molecule has 0 aliphatic heterocycles. The maximum Gasteiger partial charge on any atom is 0.259 e. The highest BCUT2D eigenvalue weighted by molar-refractivity contribution is 6.06. The number of ether oxygens (including phenoxy) is 1. The summed E-state index contributed by atoms with van der Waals surface area (Å²) in [5.41, 5.74) is 1.31. The van der Waals surface area contributed by atoms with E-state index in [2.05, 4.69) is 5.32 Å². The van der Waals surface area contributed by atoms with Gasteiger partial charge in [0.1, 0.15) is 5.75 Å².